The molecular formula is C18H34N4. The van der Waals surface area contributed by atoms with Crippen LogP contribution in [0.5, 0.6) is 0 Å². The van der Waals surface area contributed by atoms with E-state index in [0.717, 1.165) is 18.0 Å². The van der Waals surface area contributed by atoms with Gasteiger partial charge in [0.15, 0.2) is 0 Å². The Morgan fingerprint density at radius 3 is 2.23 bits per heavy atom. The first-order chi connectivity index (χ1) is 10.9. The Morgan fingerprint density at radius 2 is 1.50 bits per heavy atom. The highest BCUT2D eigenvalue weighted by Gasteiger charge is 2.34. The quantitative estimate of drug-likeness (QED) is 0.830. The molecule has 4 nitrogen and oxygen atoms in total. The number of nitrogens with one attached hydrogen (secondary N) is 2. The predicted octanol–water partition coefficient (Wildman–Crippen LogP) is 1.62. The average molecular weight is 306 g/mol. The van der Waals surface area contributed by atoms with Gasteiger partial charge in [-0.05, 0) is 83.5 Å². The maximum absolute atomic E-state index is 3.81. The molecule has 0 saturated carbocycles. The molecule has 126 valence electrons. The minimum Gasteiger partial charge on any atom is -0.314 e. The van der Waals surface area contributed by atoms with E-state index in [0.29, 0.717) is 6.17 Å². The van der Waals surface area contributed by atoms with Gasteiger partial charge in [-0.15, -0.1) is 0 Å². The molecule has 3 unspecified atom stereocenters. The summed E-state index contributed by atoms with van der Waals surface area (Å²) < 4.78 is 0. The van der Waals surface area contributed by atoms with Gasteiger partial charge in [-0.25, -0.2) is 0 Å². The van der Waals surface area contributed by atoms with Crippen LogP contribution in [0.3, 0.4) is 0 Å². The van der Waals surface area contributed by atoms with Crippen molar-refractivity contribution in [2.45, 2.75) is 69.6 Å². The Bertz CT molecular complexity index is 341. The summed E-state index contributed by atoms with van der Waals surface area (Å²) in [6.45, 7) is 7.82. The van der Waals surface area contributed by atoms with E-state index in [4.69, 9.17) is 0 Å². The lowest BCUT2D eigenvalue weighted by Crippen LogP contribution is -2.56. The topological polar surface area (TPSA) is 30.5 Å². The summed E-state index contributed by atoms with van der Waals surface area (Å²) >= 11 is 0. The van der Waals surface area contributed by atoms with Crippen molar-refractivity contribution in [2.75, 3.05) is 39.3 Å². The molecule has 4 rings (SSSR count). The lowest BCUT2D eigenvalue weighted by Gasteiger charge is -2.44. The molecule has 0 aromatic heterocycles. The van der Waals surface area contributed by atoms with Gasteiger partial charge >= 0.3 is 0 Å². The maximum atomic E-state index is 3.81. The van der Waals surface area contributed by atoms with E-state index in [2.05, 4.69) is 20.4 Å². The molecule has 0 amide bonds. The summed E-state index contributed by atoms with van der Waals surface area (Å²) in [6.07, 6.45) is 11.8. The van der Waals surface area contributed by atoms with Gasteiger partial charge in [0.2, 0.25) is 0 Å². The smallest absolute Gasteiger partial charge is 0.0600 e. The summed E-state index contributed by atoms with van der Waals surface area (Å²) in [6, 6.07) is 1.70. The number of hydrogen-bond acceptors (Lipinski definition) is 4. The van der Waals surface area contributed by atoms with Crippen LogP contribution in [0, 0.1) is 5.92 Å². The molecule has 0 aliphatic carbocycles. The monoisotopic (exact) mass is 306 g/mol. The Hall–Kier alpha value is -0.160. The van der Waals surface area contributed by atoms with Crippen LogP contribution in [-0.4, -0.2) is 67.3 Å². The van der Waals surface area contributed by atoms with E-state index in [1.165, 1.54) is 90.6 Å². The fraction of sp³-hybridized carbons (Fsp3) is 1.00. The zero-order chi connectivity index (χ0) is 14.8. The fourth-order valence-electron chi connectivity index (χ4n) is 5.35. The van der Waals surface area contributed by atoms with Crippen molar-refractivity contribution in [1.82, 2.24) is 20.4 Å². The highest BCUT2D eigenvalue weighted by molar-refractivity contribution is 4.91. The SMILES string of the molecule is C1CNC(C2CCNC(N3CCC(N4CCCC4)CC3)C2)C1. The Labute approximate surface area is 136 Å². The van der Waals surface area contributed by atoms with Gasteiger partial charge < -0.3 is 15.5 Å². The van der Waals surface area contributed by atoms with Crippen molar-refractivity contribution < 1.29 is 0 Å². The molecule has 22 heavy (non-hydrogen) atoms. The van der Waals surface area contributed by atoms with Crippen LogP contribution in [0.25, 0.3) is 0 Å². The minimum absolute atomic E-state index is 0.653. The molecular weight excluding hydrogens is 272 g/mol. The summed E-state index contributed by atoms with van der Waals surface area (Å²) in [7, 11) is 0. The largest absolute Gasteiger partial charge is 0.314 e. The molecule has 4 fully saturated rings. The first-order valence-electron chi connectivity index (χ1n) is 9.85. The van der Waals surface area contributed by atoms with Crippen LogP contribution < -0.4 is 10.6 Å². The number of likely N-dealkylation sites (tertiary alicyclic amines) is 2. The van der Waals surface area contributed by atoms with Gasteiger partial charge in [0.05, 0.1) is 6.17 Å². The normalized spacial score (nSPS) is 39.5. The fourth-order valence-corrected chi connectivity index (χ4v) is 5.35. The predicted molar refractivity (Wildman–Crippen MR) is 90.9 cm³/mol. The Balaban J connectivity index is 1.27. The van der Waals surface area contributed by atoms with E-state index in [-0.39, 0.29) is 0 Å². The molecule has 4 saturated heterocycles. The molecule has 0 aromatic carbocycles. The van der Waals surface area contributed by atoms with E-state index < -0.39 is 0 Å². The summed E-state index contributed by atoms with van der Waals surface area (Å²) in [5.41, 5.74) is 0. The molecule has 0 bridgehead atoms. The standard InChI is InChI=1S/C18H34N4/c1-2-11-21(10-1)16-6-12-22(13-7-16)18-14-15(5-9-20-18)17-4-3-8-19-17/h15-20H,1-14H2. The molecule has 0 aromatic rings. The highest BCUT2D eigenvalue weighted by atomic mass is 15.3. The second-order valence-corrected chi connectivity index (χ2v) is 7.97. The van der Waals surface area contributed by atoms with Crippen LogP contribution in [0.1, 0.15) is 51.4 Å². The molecule has 4 heterocycles. The summed E-state index contributed by atoms with van der Waals surface area (Å²) in [4.78, 5) is 5.52. The molecule has 4 aliphatic rings. The Kier molecular flexibility index (Phi) is 5.01. The van der Waals surface area contributed by atoms with Crippen LogP contribution in [0.4, 0.5) is 0 Å². The van der Waals surface area contributed by atoms with Gasteiger partial charge in [-0.1, -0.05) is 0 Å². The van der Waals surface area contributed by atoms with Crippen molar-refractivity contribution in [3.8, 4) is 0 Å². The highest BCUT2D eigenvalue weighted by Crippen LogP contribution is 2.29. The number of hydrogen-bond donors (Lipinski definition) is 2. The van der Waals surface area contributed by atoms with E-state index >= 15 is 0 Å². The third-order valence-electron chi connectivity index (χ3n) is 6.69. The van der Waals surface area contributed by atoms with Crippen LogP contribution in [0.15, 0.2) is 0 Å². The minimum atomic E-state index is 0.653. The maximum Gasteiger partial charge on any atom is 0.0600 e. The number of piperidine rings is 2. The molecule has 0 radical (unpaired) electrons. The zero-order valence-electron chi connectivity index (χ0n) is 14.1. The lowest BCUT2D eigenvalue weighted by atomic mass is 9.87. The van der Waals surface area contributed by atoms with Crippen LogP contribution >= 0.6 is 0 Å². The first-order valence-corrected chi connectivity index (χ1v) is 9.85. The van der Waals surface area contributed by atoms with Crippen molar-refractivity contribution >= 4 is 0 Å². The Morgan fingerprint density at radius 1 is 0.682 bits per heavy atom. The van der Waals surface area contributed by atoms with E-state index in [9.17, 15) is 0 Å². The number of rotatable bonds is 3. The zero-order valence-corrected chi connectivity index (χ0v) is 14.1. The second kappa shape index (κ2) is 7.16. The summed E-state index contributed by atoms with van der Waals surface area (Å²) in [5, 5.41) is 7.55. The first kappa shape index (κ1) is 15.4. The van der Waals surface area contributed by atoms with E-state index in [1.807, 2.05) is 0 Å². The van der Waals surface area contributed by atoms with Crippen molar-refractivity contribution in [3.05, 3.63) is 0 Å². The van der Waals surface area contributed by atoms with Gasteiger partial charge in [0, 0.05) is 25.2 Å². The molecule has 3 atom stereocenters. The average Bonchev–Trinajstić information content (AvgIpc) is 3.29. The third-order valence-corrected chi connectivity index (χ3v) is 6.69. The van der Waals surface area contributed by atoms with Gasteiger partial charge in [-0.2, -0.15) is 0 Å². The third kappa shape index (κ3) is 3.35. The summed E-state index contributed by atoms with van der Waals surface area (Å²) in [5.74, 6) is 0.907. The van der Waals surface area contributed by atoms with Crippen LogP contribution in [0.2, 0.25) is 0 Å². The van der Waals surface area contributed by atoms with Crippen molar-refractivity contribution in [3.63, 3.8) is 0 Å². The molecule has 4 heteroatoms. The molecule has 2 N–H and O–H groups in total. The van der Waals surface area contributed by atoms with Gasteiger partial charge in [0.1, 0.15) is 0 Å². The van der Waals surface area contributed by atoms with Gasteiger partial charge in [0.25, 0.3) is 0 Å². The van der Waals surface area contributed by atoms with Crippen molar-refractivity contribution in [2.24, 2.45) is 5.92 Å². The van der Waals surface area contributed by atoms with Crippen LogP contribution in [-0.2, 0) is 0 Å². The van der Waals surface area contributed by atoms with Crippen molar-refractivity contribution in [1.29, 1.82) is 0 Å². The second-order valence-electron chi connectivity index (χ2n) is 7.97. The van der Waals surface area contributed by atoms with Gasteiger partial charge in [-0.3, -0.25) is 4.90 Å². The molecule has 0 spiro atoms. The van der Waals surface area contributed by atoms with E-state index in [1.54, 1.807) is 0 Å². The lowest BCUT2D eigenvalue weighted by molar-refractivity contribution is 0.0534. The number of nitrogens with zero attached hydrogens (tertiary/aromatic N) is 2. The molecule has 4 aliphatic heterocycles.